The average molecular weight is 417 g/mol. The Labute approximate surface area is 172 Å². The van der Waals surface area contributed by atoms with Crippen LogP contribution in [0.4, 0.5) is 5.69 Å². The van der Waals surface area contributed by atoms with E-state index in [4.69, 9.17) is 23.2 Å². The van der Waals surface area contributed by atoms with Gasteiger partial charge < -0.3 is 5.32 Å². The van der Waals surface area contributed by atoms with Crippen molar-refractivity contribution >= 4 is 46.6 Å². The second-order valence-electron chi connectivity index (χ2n) is 7.15. The van der Waals surface area contributed by atoms with Gasteiger partial charge in [0.25, 0.3) is 11.8 Å². The summed E-state index contributed by atoms with van der Waals surface area (Å²) in [5, 5.41) is 3.43. The first-order chi connectivity index (χ1) is 13.5. The molecule has 2 aliphatic rings. The van der Waals surface area contributed by atoms with Crippen molar-refractivity contribution in [2.45, 2.75) is 31.7 Å². The second-order valence-corrected chi connectivity index (χ2v) is 7.97. The van der Waals surface area contributed by atoms with Gasteiger partial charge in [-0.2, -0.15) is 0 Å². The molecule has 1 N–H and O–H groups in total. The maximum absolute atomic E-state index is 12.8. The zero-order valence-corrected chi connectivity index (χ0v) is 16.5. The number of nitrogens with zero attached hydrogens (tertiary/aromatic N) is 1. The maximum Gasteiger partial charge on any atom is 0.261 e. The summed E-state index contributed by atoms with van der Waals surface area (Å²) < 4.78 is 0. The van der Waals surface area contributed by atoms with Gasteiger partial charge in [-0.15, -0.1) is 0 Å². The Morgan fingerprint density at radius 1 is 0.893 bits per heavy atom. The van der Waals surface area contributed by atoms with Crippen molar-refractivity contribution in [3.8, 4) is 0 Å². The van der Waals surface area contributed by atoms with Crippen LogP contribution in [0, 0.1) is 5.92 Å². The zero-order valence-electron chi connectivity index (χ0n) is 15.0. The molecule has 144 valence electrons. The molecule has 7 heteroatoms. The van der Waals surface area contributed by atoms with Gasteiger partial charge >= 0.3 is 0 Å². The highest BCUT2D eigenvalue weighted by atomic mass is 35.5. The van der Waals surface area contributed by atoms with Crippen LogP contribution in [-0.2, 0) is 4.79 Å². The number of amides is 3. The van der Waals surface area contributed by atoms with E-state index in [1.165, 1.54) is 17.0 Å². The molecule has 1 fully saturated rings. The number of hydrogen-bond donors (Lipinski definition) is 1. The highest BCUT2D eigenvalue weighted by Crippen LogP contribution is 2.36. The van der Waals surface area contributed by atoms with E-state index in [0.717, 1.165) is 5.69 Å². The fourth-order valence-corrected chi connectivity index (χ4v) is 4.27. The van der Waals surface area contributed by atoms with E-state index in [9.17, 15) is 14.4 Å². The molecule has 0 aromatic heterocycles. The lowest BCUT2D eigenvalue weighted by molar-refractivity contribution is -0.121. The van der Waals surface area contributed by atoms with Crippen LogP contribution in [0.25, 0.3) is 0 Å². The molecule has 28 heavy (non-hydrogen) atoms. The first-order valence-corrected chi connectivity index (χ1v) is 9.94. The smallest absolute Gasteiger partial charge is 0.261 e. The largest absolute Gasteiger partial charge is 0.326 e. The number of fused-ring (bicyclic) bond motifs is 1. The highest BCUT2D eigenvalue weighted by molar-refractivity contribution is 6.43. The van der Waals surface area contributed by atoms with Crippen LogP contribution in [0.15, 0.2) is 42.5 Å². The molecule has 0 spiro atoms. The van der Waals surface area contributed by atoms with E-state index in [2.05, 4.69) is 5.32 Å². The van der Waals surface area contributed by atoms with E-state index < -0.39 is 0 Å². The van der Waals surface area contributed by atoms with Crippen molar-refractivity contribution in [2.75, 3.05) is 5.32 Å². The van der Waals surface area contributed by atoms with Gasteiger partial charge in [0.05, 0.1) is 21.2 Å². The summed E-state index contributed by atoms with van der Waals surface area (Å²) >= 11 is 12.0. The Balaban J connectivity index is 1.42. The van der Waals surface area contributed by atoms with Crippen molar-refractivity contribution in [1.82, 2.24) is 4.90 Å². The van der Waals surface area contributed by atoms with Gasteiger partial charge in [0.1, 0.15) is 0 Å². The second kappa shape index (κ2) is 7.57. The number of nitrogens with one attached hydrogen (secondary N) is 1. The van der Waals surface area contributed by atoms with Gasteiger partial charge in [-0.1, -0.05) is 41.4 Å². The molecule has 5 nitrogen and oxygen atoms in total. The molecule has 1 aliphatic heterocycles. The van der Waals surface area contributed by atoms with Gasteiger partial charge in [-0.05, 0) is 49.9 Å². The molecule has 4 rings (SSSR count). The molecular weight excluding hydrogens is 399 g/mol. The number of carbonyl (C=O) groups is 3. The Hall–Kier alpha value is -2.37. The summed E-state index contributed by atoms with van der Waals surface area (Å²) in [5.41, 5.74) is 1.36. The first-order valence-electron chi connectivity index (χ1n) is 9.18. The minimum Gasteiger partial charge on any atom is -0.326 e. The van der Waals surface area contributed by atoms with Crippen molar-refractivity contribution in [3.05, 3.63) is 63.6 Å². The van der Waals surface area contributed by atoms with Crippen LogP contribution in [0.2, 0.25) is 10.0 Å². The Bertz CT molecular complexity index is 913. The molecule has 0 bridgehead atoms. The normalized spacial score (nSPS) is 21.6. The minimum atomic E-state index is -0.337. The Kier molecular flexibility index (Phi) is 5.13. The van der Waals surface area contributed by atoms with E-state index in [1.54, 1.807) is 0 Å². The summed E-state index contributed by atoms with van der Waals surface area (Å²) in [6.45, 7) is 0. The monoisotopic (exact) mass is 416 g/mol. The Morgan fingerprint density at radius 2 is 1.43 bits per heavy atom. The standard InChI is InChI=1S/C21H18Cl2N2O3/c22-17-10-15-16(11-18(17)23)21(28)25(20(15)27)14-8-6-12(7-9-14)19(26)24-13-4-2-1-3-5-13/h1-5,10-12,14H,6-9H2,(H,24,26). The van der Waals surface area contributed by atoms with Crippen molar-refractivity contribution < 1.29 is 14.4 Å². The number of hydrogen-bond acceptors (Lipinski definition) is 3. The van der Waals surface area contributed by atoms with Gasteiger partial charge in [0.2, 0.25) is 5.91 Å². The highest BCUT2D eigenvalue weighted by Gasteiger charge is 2.42. The molecule has 2 aromatic rings. The lowest BCUT2D eigenvalue weighted by Crippen LogP contribution is -2.43. The third-order valence-corrected chi connectivity index (χ3v) is 6.15. The summed E-state index contributed by atoms with van der Waals surface area (Å²) in [5.74, 6) is -0.826. The number of halogens is 2. The third kappa shape index (κ3) is 3.40. The number of para-hydroxylation sites is 1. The molecular formula is C21H18Cl2N2O3. The summed E-state index contributed by atoms with van der Waals surface area (Å²) in [6.07, 6.45) is 2.44. The van der Waals surface area contributed by atoms with Crippen LogP contribution >= 0.6 is 23.2 Å². The van der Waals surface area contributed by atoms with Gasteiger partial charge in [-0.3, -0.25) is 19.3 Å². The molecule has 3 amide bonds. The fourth-order valence-electron chi connectivity index (χ4n) is 3.95. The van der Waals surface area contributed by atoms with Crippen LogP contribution < -0.4 is 5.32 Å². The van der Waals surface area contributed by atoms with Crippen molar-refractivity contribution in [2.24, 2.45) is 5.92 Å². The lowest BCUT2D eigenvalue weighted by atomic mass is 9.84. The van der Waals surface area contributed by atoms with Crippen LogP contribution in [-0.4, -0.2) is 28.7 Å². The quantitative estimate of drug-likeness (QED) is 0.731. The SMILES string of the molecule is O=C(Nc1ccccc1)C1CCC(N2C(=O)c3cc(Cl)c(Cl)cc3C2=O)CC1. The van der Waals surface area contributed by atoms with E-state index in [0.29, 0.717) is 36.8 Å². The molecule has 0 atom stereocenters. The average Bonchev–Trinajstić information content (AvgIpc) is 2.93. The number of anilines is 1. The molecule has 0 unspecified atom stereocenters. The number of benzene rings is 2. The summed E-state index contributed by atoms with van der Waals surface area (Å²) in [6, 6.07) is 12.0. The topological polar surface area (TPSA) is 66.5 Å². The third-order valence-electron chi connectivity index (χ3n) is 5.43. The molecule has 1 heterocycles. The van der Waals surface area contributed by atoms with Gasteiger partial charge in [0.15, 0.2) is 0 Å². The van der Waals surface area contributed by atoms with E-state index in [1.807, 2.05) is 30.3 Å². The lowest BCUT2D eigenvalue weighted by Gasteiger charge is -2.32. The predicted octanol–water partition coefficient (Wildman–Crippen LogP) is 4.79. The van der Waals surface area contributed by atoms with Crippen LogP contribution in [0.5, 0.6) is 0 Å². The van der Waals surface area contributed by atoms with Gasteiger partial charge in [-0.25, -0.2) is 0 Å². The van der Waals surface area contributed by atoms with Crippen LogP contribution in [0.3, 0.4) is 0 Å². The van der Waals surface area contributed by atoms with Crippen LogP contribution in [0.1, 0.15) is 46.4 Å². The molecule has 2 aromatic carbocycles. The van der Waals surface area contributed by atoms with Crippen molar-refractivity contribution in [3.63, 3.8) is 0 Å². The minimum absolute atomic E-state index is 0.0226. The predicted molar refractivity (Wildman–Crippen MR) is 108 cm³/mol. The summed E-state index contributed by atoms with van der Waals surface area (Å²) in [4.78, 5) is 39.3. The molecule has 1 saturated carbocycles. The van der Waals surface area contributed by atoms with Crippen molar-refractivity contribution in [1.29, 1.82) is 0 Å². The maximum atomic E-state index is 12.8. The number of carbonyl (C=O) groups excluding carboxylic acids is 3. The Morgan fingerprint density at radius 3 is 1.96 bits per heavy atom. The van der Waals surface area contributed by atoms with E-state index >= 15 is 0 Å². The zero-order chi connectivity index (χ0) is 19.8. The number of rotatable bonds is 3. The molecule has 0 saturated heterocycles. The summed E-state index contributed by atoms with van der Waals surface area (Å²) in [7, 11) is 0. The fraction of sp³-hybridized carbons (Fsp3) is 0.286. The molecule has 0 radical (unpaired) electrons. The van der Waals surface area contributed by atoms with E-state index in [-0.39, 0.29) is 39.7 Å². The molecule has 1 aliphatic carbocycles. The first kappa shape index (κ1) is 19.0. The number of imide groups is 1. The van der Waals surface area contributed by atoms with Gasteiger partial charge in [0, 0.05) is 17.6 Å².